The molecule has 0 aliphatic heterocycles. The third-order valence-corrected chi connectivity index (χ3v) is 4.78. The van der Waals surface area contributed by atoms with Gasteiger partial charge in [-0.2, -0.15) is 0 Å². The number of nitrogens with one attached hydrogen (secondary N) is 1. The highest BCUT2D eigenvalue weighted by Crippen LogP contribution is 2.16. The summed E-state index contributed by atoms with van der Waals surface area (Å²) in [5.74, 6) is -0.609. The van der Waals surface area contributed by atoms with Crippen LogP contribution in [0.5, 0.6) is 0 Å². The van der Waals surface area contributed by atoms with Crippen molar-refractivity contribution >= 4 is 34.1 Å². The molecule has 31 heavy (non-hydrogen) atoms. The monoisotopic (exact) mass is 423 g/mol. The Kier molecular flexibility index (Phi) is 6.39. The maximum absolute atomic E-state index is 12.6. The minimum Gasteiger partial charge on any atom is -0.339 e. The van der Waals surface area contributed by atoms with Crippen molar-refractivity contribution in [2.24, 2.45) is 0 Å². The molecule has 160 valence electrons. The number of nitro benzene ring substituents is 1. The second-order valence-corrected chi connectivity index (χ2v) is 6.74. The molecule has 3 aromatic rings. The highest BCUT2D eigenvalue weighted by Gasteiger charge is 2.15. The van der Waals surface area contributed by atoms with Crippen LogP contribution in [0.4, 0.5) is 11.4 Å². The zero-order valence-corrected chi connectivity index (χ0v) is 17.1. The number of aromatic nitrogens is 2. The SMILES string of the molecule is CCN(CC)C(=O)c1cccc(NC(=O)Cn2cnc3cc([N+](=O)[O-])ccc3c2=O)c1. The lowest BCUT2D eigenvalue weighted by molar-refractivity contribution is -0.384. The fraction of sp³-hybridized carbons (Fsp3) is 0.238. The number of amides is 2. The Bertz CT molecular complexity index is 1220. The number of nitrogens with zero attached hydrogens (tertiary/aromatic N) is 4. The van der Waals surface area contributed by atoms with E-state index in [-0.39, 0.29) is 29.0 Å². The average Bonchev–Trinajstić information content (AvgIpc) is 2.76. The number of nitro groups is 1. The highest BCUT2D eigenvalue weighted by atomic mass is 16.6. The van der Waals surface area contributed by atoms with E-state index < -0.39 is 16.4 Å². The van der Waals surface area contributed by atoms with Gasteiger partial charge < -0.3 is 10.2 Å². The van der Waals surface area contributed by atoms with Crippen molar-refractivity contribution in [2.45, 2.75) is 20.4 Å². The van der Waals surface area contributed by atoms with Gasteiger partial charge in [0, 0.05) is 36.5 Å². The molecule has 10 heteroatoms. The van der Waals surface area contributed by atoms with Gasteiger partial charge in [0.1, 0.15) is 6.54 Å². The van der Waals surface area contributed by atoms with Crippen molar-refractivity contribution in [3.05, 3.63) is 74.8 Å². The molecule has 10 nitrogen and oxygen atoms in total. The lowest BCUT2D eigenvalue weighted by Gasteiger charge is -2.19. The molecule has 1 aromatic heterocycles. The molecule has 2 aromatic carbocycles. The smallest absolute Gasteiger partial charge is 0.271 e. The maximum Gasteiger partial charge on any atom is 0.271 e. The van der Waals surface area contributed by atoms with Crippen molar-refractivity contribution in [1.82, 2.24) is 14.5 Å². The molecule has 0 spiro atoms. The van der Waals surface area contributed by atoms with Gasteiger partial charge in [-0.1, -0.05) is 6.07 Å². The molecule has 1 heterocycles. The second-order valence-electron chi connectivity index (χ2n) is 6.74. The number of rotatable bonds is 7. The molecule has 0 bridgehead atoms. The second kappa shape index (κ2) is 9.16. The summed E-state index contributed by atoms with van der Waals surface area (Å²) in [5.41, 5.74) is 0.404. The fourth-order valence-corrected chi connectivity index (χ4v) is 3.15. The number of non-ortho nitro benzene ring substituents is 1. The number of hydrogen-bond donors (Lipinski definition) is 1. The number of benzene rings is 2. The first-order valence-electron chi connectivity index (χ1n) is 9.66. The normalized spacial score (nSPS) is 10.6. The zero-order chi connectivity index (χ0) is 22.5. The predicted molar refractivity (Wildman–Crippen MR) is 115 cm³/mol. The maximum atomic E-state index is 12.6. The molecule has 0 atom stereocenters. The first-order chi connectivity index (χ1) is 14.8. The molecule has 3 rings (SSSR count). The first kappa shape index (κ1) is 21.6. The van der Waals surface area contributed by atoms with E-state index in [0.717, 1.165) is 4.57 Å². The standard InChI is InChI=1S/C21H21N5O5/c1-3-24(4-2)20(28)14-6-5-7-15(10-14)23-19(27)12-25-13-22-18-11-16(26(30)31)8-9-17(18)21(25)29/h5-11,13H,3-4,12H2,1-2H3,(H,23,27). The molecule has 0 saturated carbocycles. The van der Waals surface area contributed by atoms with Gasteiger partial charge in [0.25, 0.3) is 17.2 Å². The fourth-order valence-electron chi connectivity index (χ4n) is 3.15. The third kappa shape index (κ3) is 4.74. The predicted octanol–water partition coefficient (Wildman–Crippen LogP) is 2.43. The van der Waals surface area contributed by atoms with Crippen LogP contribution < -0.4 is 10.9 Å². The Hall–Kier alpha value is -4.08. The van der Waals surface area contributed by atoms with Crippen molar-refractivity contribution in [1.29, 1.82) is 0 Å². The summed E-state index contributed by atoms with van der Waals surface area (Å²) in [6, 6.07) is 10.3. The van der Waals surface area contributed by atoms with Crippen molar-refractivity contribution < 1.29 is 14.5 Å². The van der Waals surface area contributed by atoms with E-state index >= 15 is 0 Å². The summed E-state index contributed by atoms with van der Waals surface area (Å²) < 4.78 is 1.12. The average molecular weight is 423 g/mol. The molecule has 2 amide bonds. The number of anilines is 1. The third-order valence-electron chi connectivity index (χ3n) is 4.78. The molecular weight excluding hydrogens is 402 g/mol. The van der Waals surface area contributed by atoms with E-state index in [4.69, 9.17) is 0 Å². The van der Waals surface area contributed by atoms with Crippen LogP contribution in [0.15, 0.2) is 53.6 Å². The van der Waals surface area contributed by atoms with Gasteiger partial charge >= 0.3 is 0 Å². The Morgan fingerprint density at radius 1 is 1.16 bits per heavy atom. The van der Waals surface area contributed by atoms with Gasteiger partial charge in [0.15, 0.2) is 0 Å². The number of fused-ring (bicyclic) bond motifs is 1. The molecule has 0 aliphatic carbocycles. The Labute approximate surface area is 177 Å². The molecule has 0 saturated heterocycles. The number of carbonyl (C=O) groups excluding carboxylic acids is 2. The van der Waals surface area contributed by atoms with Gasteiger partial charge in [-0.3, -0.25) is 29.1 Å². The molecule has 0 unspecified atom stereocenters. The van der Waals surface area contributed by atoms with Gasteiger partial charge in [-0.15, -0.1) is 0 Å². The van der Waals surface area contributed by atoms with Crippen molar-refractivity contribution in [2.75, 3.05) is 18.4 Å². The van der Waals surface area contributed by atoms with Crippen LogP contribution in [0.25, 0.3) is 10.9 Å². The first-order valence-corrected chi connectivity index (χ1v) is 9.66. The quantitative estimate of drug-likeness (QED) is 0.459. The zero-order valence-electron chi connectivity index (χ0n) is 17.1. The van der Waals surface area contributed by atoms with Crippen LogP contribution in [-0.2, 0) is 11.3 Å². The van der Waals surface area contributed by atoms with Gasteiger partial charge in [-0.05, 0) is 38.1 Å². The van der Waals surface area contributed by atoms with Crippen molar-refractivity contribution in [3.63, 3.8) is 0 Å². The molecular formula is C21H21N5O5. The van der Waals surface area contributed by atoms with Gasteiger partial charge in [0.2, 0.25) is 5.91 Å². The molecule has 0 fully saturated rings. The van der Waals surface area contributed by atoms with Crippen LogP contribution in [0, 0.1) is 10.1 Å². The van der Waals surface area contributed by atoms with Crippen LogP contribution in [0.1, 0.15) is 24.2 Å². The molecule has 1 N–H and O–H groups in total. The van der Waals surface area contributed by atoms with E-state index in [1.807, 2.05) is 13.8 Å². The number of carbonyl (C=O) groups is 2. The van der Waals surface area contributed by atoms with E-state index in [1.165, 1.54) is 24.5 Å². The van der Waals surface area contributed by atoms with Gasteiger partial charge in [0.05, 0.1) is 22.2 Å². The summed E-state index contributed by atoms with van der Waals surface area (Å²) in [6.45, 7) is 4.63. The van der Waals surface area contributed by atoms with E-state index in [9.17, 15) is 24.5 Å². The molecule has 0 radical (unpaired) electrons. The largest absolute Gasteiger partial charge is 0.339 e. The summed E-state index contributed by atoms with van der Waals surface area (Å²) in [6.07, 6.45) is 1.17. The summed E-state index contributed by atoms with van der Waals surface area (Å²) in [5, 5.41) is 13.7. The Balaban J connectivity index is 1.77. The number of hydrogen-bond acceptors (Lipinski definition) is 6. The topological polar surface area (TPSA) is 127 Å². The van der Waals surface area contributed by atoms with Crippen LogP contribution in [0.2, 0.25) is 0 Å². The summed E-state index contributed by atoms with van der Waals surface area (Å²) in [7, 11) is 0. The summed E-state index contributed by atoms with van der Waals surface area (Å²) in [4.78, 5) is 53.6. The lowest BCUT2D eigenvalue weighted by atomic mass is 10.1. The van der Waals surface area contributed by atoms with Crippen LogP contribution in [-0.4, -0.2) is 44.3 Å². The van der Waals surface area contributed by atoms with E-state index in [2.05, 4.69) is 10.3 Å². The lowest BCUT2D eigenvalue weighted by Crippen LogP contribution is -2.30. The van der Waals surface area contributed by atoms with E-state index in [0.29, 0.717) is 24.3 Å². The molecule has 0 aliphatic rings. The van der Waals surface area contributed by atoms with E-state index in [1.54, 1.807) is 29.2 Å². The van der Waals surface area contributed by atoms with Crippen molar-refractivity contribution in [3.8, 4) is 0 Å². The minimum atomic E-state index is -0.570. The van der Waals surface area contributed by atoms with Crippen LogP contribution >= 0.6 is 0 Å². The highest BCUT2D eigenvalue weighted by molar-refractivity contribution is 5.97. The Morgan fingerprint density at radius 2 is 1.90 bits per heavy atom. The summed E-state index contributed by atoms with van der Waals surface area (Å²) >= 11 is 0. The minimum absolute atomic E-state index is 0.134. The van der Waals surface area contributed by atoms with Crippen LogP contribution in [0.3, 0.4) is 0 Å². The Morgan fingerprint density at radius 3 is 2.58 bits per heavy atom. The van der Waals surface area contributed by atoms with Gasteiger partial charge in [-0.25, -0.2) is 4.98 Å².